The average Bonchev–Trinajstić information content (AvgIpc) is 3.01. The predicted octanol–water partition coefficient (Wildman–Crippen LogP) is 1.01. The van der Waals surface area contributed by atoms with Crippen LogP contribution in [0, 0.1) is 0 Å². The van der Waals surface area contributed by atoms with E-state index in [0.717, 1.165) is 16.5 Å². The smallest absolute Gasteiger partial charge is 0.307 e. The number of hydrogen-bond donors (Lipinski definition) is 1. The van der Waals surface area contributed by atoms with Crippen molar-refractivity contribution >= 4 is 27.0 Å². The van der Waals surface area contributed by atoms with Crippen molar-refractivity contribution in [2.45, 2.75) is 18.1 Å². The number of benzene rings is 1. The summed E-state index contributed by atoms with van der Waals surface area (Å²) in [5.74, 6) is -0.314. The van der Waals surface area contributed by atoms with Gasteiger partial charge >= 0.3 is 10.2 Å². The molecule has 1 fully saturated rings. The van der Waals surface area contributed by atoms with E-state index in [4.69, 9.17) is 0 Å². The van der Waals surface area contributed by atoms with Crippen molar-refractivity contribution in [3.05, 3.63) is 30.0 Å². The van der Waals surface area contributed by atoms with Crippen LogP contribution in [-0.2, 0) is 21.4 Å². The van der Waals surface area contributed by atoms with Crippen LogP contribution in [0.3, 0.4) is 0 Å². The average molecular weight is 311 g/mol. The van der Waals surface area contributed by atoms with E-state index >= 15 is 0 Å². The molecular formula is C13H14FN3O3S. The van der Waals surface area contributed by atoms with Crippen molar-refractivity contribution in [3.63, 3.8) is 0 Å². The number of amides is 1. The van der Waals surface area contributed by atoms with Crippen LogP contribution in [0.1, 0.15) is 12.0 Å². The Balaban J connectivity index is 1.66. The lowest BCUT2D eigenvalue weighted by atomic mass is 10.1. The highest BCUT2D eigenvalue weighted by Crippen LogP contribution is 2.20. The van der Waals surface area contributed by atoms with Gasteiger partial charge in [0.25, 0.3) is 0 Å². The largest absolute Gasteiger partial charge is 0.341 e. The van der Waals surface area contributed by atoms with Gasteiger partial charge in [-0.15, -0.1) is 3.89 Å². The number of nitrogens with zero attached hydrogens (tertiary/aromatic N) is 2. The third-order valence-corrected chi connectivity index (χ3v) is 4.86. The molecule has 1 amide bonds. The van der Waals surface area contributed by atoms with E-state index in [9.17, 15) is 17.1 Å². The highest BCUT2D eigenvalue weighted by molar-refractivity contribution is 7.87. The molecule has 0 radical (unpaired) electrons. The molecule has 0 saturated carbocycles. The van der Waals surface area contributed by atoms with E-state index < -0.39 is 15.5 Å². The Kier molecular flexibility index (Phi) is 3.40. The van der Waals surface area contributed by atoms with Crippen LogP contribution in [0.25, 0.3) is 10.9 Å². The van der Waals surface area contributed by atoms with Gasteiger partial charge in [-0.25, -0.2) is 0 Å². The number of rotatable bonds is 4. The summed E-state index contributed by atoms with van der Waals surface area (Å²) in [7, 11) is -4.65. The molecule has 0 bridgehead atoms. The van der Waals surface area contributed by atoms with Gasteiger partial charge < -0.3 is 4.90 Å². The lowest BCUT2D eigenvalue weighted by Gasteiger charge is -2.15. The number of hydrogen-bond acceptors (Lipinski definition) is 4. The summed E-state index contributed by atoms with van der Waals surface area (Å²) in [5.41, 5.74) is 1.95. The van der Waals surface area contributed by atoms with E-state index in [1.54, 1.807) is 6.20 Å². The molecule has 1 N–H and O–H groups in total. The third-order valence-electron chi connectivity index (χ3n) is 3.75. The van der Waals surface area contributed by atoms with E-state index in [1.807, 2.05) is 18.2 Å². The first-order valence-electron chi connectivity index (χ1n) is 6.57. The van der Waals surface area contributed by atoms with Gasteiger partial charge in [-0.1, -0.05) is 6.07 Å². The number of halogens is 1. The van der Waals surface area contributed by atoms with Gasteiger partial charge in [-0.3, -0.25) is 9.89 Å². The van der Waals surface area contributed by atoms with Gasteiger partial charge in [0.1, 0.15) is 5.25 Å². The lowest BCUT2D eigenvalue weighted by molar-refractivity contribution is -0.127. The number of aromatic nitrogens is 2. The van der Waals surface area contributed by atoms with Crippen molar-refractivity contribution in [2.75, 3.05) is 13.1 Å². The maximum absolute atomic E-state index is 12.9. The standard InChI is InChI=1S/C13H14FN3O3S/c14-21(19,20)11-6-13(18)17(8-11)4-3-9-1-2-12-10(5-9)7-15-16-12/h1-2,5,7,11H,3-4,6,8H2,(H,15,16). The van der Waals surface area contributed by atoms with Crippen molar-refractivity contribution < 1.29 is 17.1 Å². The SMILES string of the molecule is O=C1CC(S(=O)(=O)F)CN1CCc1ccc2[nH]ncc2c1. The molecule has 0 aliphatic carbocycles. The van der Waals surface area contributed by atoms with Crippen molar-refractivity contribution in [2.24, 2.45) is 0 Å². The van der Waals surface area contributed by atoms with Crippen molar-refractivity contribution in [3.8, 4) is 0 Å². The molecule has 2 heterocycles. The number of H-pyrrole nitrogens is 1. The maximum atomic E-state index is 12.9. The Labute approximate surface area is 121 Å². The molecular weight excluding hydrogens is 297 g/mol. The topological polar surface area (TPSA) is 83.1 Å². The van der Waals surface area contributed by atoms with Gasteiger partial charge in [0.05, 0.1) is 11.7 Å². The zero-order valence-electron chi connectivity index (χ0n) is 11.1. The first kappa shape index (κ1) is 14.0. The summed E-state index contributed by atoms with van der Waals surface area (Å²) >= 11 is 0. The highest BCUT2D eigenvalue weighted by atomic mass is 32.3. The number of likely N-dealkylation sites (tertiary alicyclic amines) is 1. The minimum Gasteiger partial charge on any atom is -0.341 e. The van der Waals surface area contributed by atoms with Gasteiger partial charge in [0.2, 0.25) is 5.91 Å². The van der Waals surface area contributed by atoms with Crippen LogP contribution in [-0.4, -0.2) is 47.8 Å². The van der Waals surface area contributed by atoms with E-state index in [2.05, 4.69) is 10.2 Å². The third kappa shape index (κ3) is 2.90. The van der Waals surface area contributed by atoms with Gasteiger partial charge in [-0.2, -0.15) is 13.5 Å². The maximum Gasteiger partial charge on any atom is 0.307 e. The number of carbonyl (C=O) groups excluding carboxylic acids is 1. The van der Waals surface area contributed by atoms with Crippen LogP contribution in [0.15, 0.2) is 24.4 Å². The van der Waals surface area contributed by atoms with Gasteiger partial charge in [-0.05, 0) is 24.1 Å². The fraction of sp³-hybridized carbons (Fsp3) is 0.385. The zero-order chi connectivity index (χ0) is 15.0. The summed E-state index contributed by atoms with van der Waals surface area (Å²) in [4.78, 5) is 13.1. The minimum atomic E-state index is -4.65. The molecule has 2 aromatic rings. The first-order chi connectivity index (χ1) is 9.93. The first-order valence-corrected chi connectivity index (χ1v) is 8.01. The molecule has 1 aliphatic rings. The summed E-state index contributed by atoms with van der Waals surface area (Å²) in [6.45, 7) is 0.319. The zero-order valence-corrected chi connectivity index (χ0v) is 11.9. The van der Waals surface area contributed by atoms with Crippen molar-refractivity contribution in [1.82, 2.24) is 15.1 Å². The number of aromatic amines is 1. The fourth-order valence-corrected chi connectivity index (χ4v) is 3.25. The van der Waals surface area contributed by atoms with Crippen LogP contribution < -0.4 is 0 Å². The lowest BCUT2D eigenvalue weighted by Crippen LogP contribution is -2.29. The normalized spacial score (nSPS) is 19.6. The minimum absolute atomic E-state index is 0.0639. The molecule has 21 heavy (non-hydrogen) atoms. The Morgan fingerprint density at radius 1 is 1.43 bits per heavy atom. The quantitative estimate of drug-likeness (QED) is 0.854. The number of carbonyl (C=O) groups is 1. The molecule has 1 aromatic heterocycles. The highest BCUT2D eigenvalue weighted by Gasteiger charge is 2.37. The van der Waals surface area contributed by atoms with E-state index in [0.29, 0.717) is 13.0 Å². The van der Waals surface area contributed by atoms with E-state index in [1.165, 1.54) is 4.90 Å². The number of nitrogens with one attached hydrogen (secondary N) is 1. The second-order valence-corrected chi connectivity index (χ2v) is 6.80. The summed E-state index contributed by atoms with van der Waals surface area (Å²) in [6.07, 6.45) is 2.04. The molecule has 1 unspecified atom stereocenters. The van der Waals surface area contributed by atoms with Crippen molar-refractivity contribution in [1.29, 1.82) is 0 Å². The van der Waals surface area contributed by atoms with Gasteiger partial charge in [0, 0.05) is 24.9 Å². The summed E-state index contributed by atoms with van der Waals surface area (Å²) in [6, 6.07) is 5.78. The number of fused-ring (bicyclic) bond motifs is 1. The Hall–Kier alpha value is -1.96. The molecule has 3 rings (SSSR count). The second kappa shape index (κ2) is 5.10. The van der Waals surface area contributed by atoms with Crippen LogP contribution >= 0.6 is 0 Å². The molecule has 8 heteroatoms. The summed E-state index contributed by atoms with van der Waals surface area (Å²) < 4.78 is 34.6. The van der Waals surface area contributed by atoms with Crippen LogP contribution in [0.5, 0.6) is 0 Å². The molecule has 112 valence electrons. The molecule has 0 spiro atoms. The molecule has 6 nitrogen and oxygen atoms in total. The monoisotopic (exact) mass is 311 g/mol. The summed E-state index contributed by atoms with van der Waals surface area (Å²) in [5, 5.41) is 6.54. The molecule has 1 saturated heterocycles. The molecule has 1 aliphatic heterocycles. The molecule has 1 atom stereocenters. The predicted molar refractivity (Wildman–Crippen MR) is 74.8 cm³/mol. The molecule has 1 aromatic carbocycles. The Morgan fingerprint density at radius 3 is 2.95 bits per heavy atom. The Bertz CT molecular complexity index is 787. The second-order valence-electron chi connectivity index (χ2n) is 5.18. The fourth-order valence-electron chi connectivity index (χ4n) is 2.55. The van der Waals surface area contributed by atoms with Crippen LogP contribution in [0.2, 0.25) is 0 Å². The van der Waals surface area contributed by atoms with Crippen LogP contribution in [0.4, 0.5) is 3.89 Å². The Morgan fingerprint density at radius 2 is 2.24 bits per heavy atom. The van der Waals surface area contributed by atoms with Gasteiger partial charge in [0.15, 0.2) is 0 Å². The van der Waals surface area contributed by atoms with E-state index in [-0.39, 0.29) is 18.9 Å².